The molecule has 0 atom stereocenters. The highest BCUT2D eigenvalue weighted by molar-refractivity contribution is 6.10. The van der Waals surface area contributed by atoms with Gasteiger partial charge in [0, 0.05) is 27.3 Å². The summed E-state index contributed by atoms with van der Waals surface area (Å²) < 4.78 is 6.36. The first-order chi connectivity index (χ1) is 30.2. The molecular formula is C58H46N2O. The van der Waals surface area contributed by atoms with Crippen molar-refractivity contribution < 1.29 is 4.42 Å². The largest absolute Gasteiger partial charge is 0.438 e. The predicted molar refractivity (Wildman–Crippen MR) is 250 cm³/mol. The van der Waals surface area contributed by atoms with Crippen LogP contribution in [0.5, 0.6) is 0 Å². The van der Waals surface area contributed by atoms with Crippen LogP contribution in [0.15, 0.2) is 162 Å². The minimum Gasteiger partial charge on any atom is -0.438 e. The van der Waals surface area contributed by atoms with Gasteiger partial charge in [0.1, 0.15) is 5.58 Å². The van der Waals surface area contributed by atoms with Crippen molar-refractivity contribution in [3.8, 4) is 67.2 Å². The normalized spacial score (nSPS) is 16.8. The zero-order valence-electron chi connectivity index (χ0n) is 34.4. The Hall–Kier alpha value is -6.58. The molecule has 3 heteroatoms. The van der Waals surface area contributed by atoms with E-state index in [1.807, 2.05) is 24.3 Å². The number of furan rings is 1. The maximum atomic E-state index is 6.36. The summed E-state index contributed by atoms with van der Waals surface area (Å²) in [6, 6.07) is 58.5. The van der Waals surface area contributed by atoms with Gasteiger partial charge in [-0.1, -0.05) is 160 Å². The maximum Gasteiger partial charge on any atom is 0.231 e. The van der Waals surface area contributed by atoms with Gasteiger partial charge in [-0.05, 0) is 129 Å². The molecule has 0 N–H and O–H groups in total. The average Bonchev–Trinajstić information content (AvgIpc) is 3.93. The topological polar surface area (TPSA) is 38.9 Å². The molecule has 4 aliphatic rings. The number of fused-ring (bicyclic) bond motifs is 13. The van der Waals surface area contributed by atoms with Crippen LogP contribution in [0, 0.1) is 0 Å². The van der Waals surface area contributed by atoms with E-state index in [1.54, 1.807) is 22.3 Å². The van der Waals surface area contributed by atoms with Crippen LogP contribution < -0.4 is 0 Å². The third kappa shape index (κ3) is 5.22. The second-order valence-electron chi connectivity index (χ2n) is 18.2. The molecule has 13 rings (SSSR count). The first-order valence-corrected chi connectivity index (χ1v) is 22.6. The van der Waals surface area contributed by atoms with E-state index in [0.29, 0.717) is 11.5 Å². The van der Waals surface area contributed by atoms with Gasteiger partial charge in [0.05, 0.1) is 11.1 Å². The van der Waals surface area contributed by atoms with Crippen molar-refractivity contribution in [2.45, 2.75) is 75.0 Å². The van der Waals surface area contributed by atoms with Gasteiger partial charge in [-0.15, -0.1) is 0 Å². The van der Waals surface area contributed by atoms with E-state index >= 15 is 0 Å². The average molecular weight is 787 g/mol. The standard InChI is InChI=1S/C58H46N2O/c1-4-16-37(17-5-1)54-53-44-23-7-9-25-52(44)61-56(53)60-55(59-54)42-21-15-20-40(33-42)38-18-14-19-39(32-38)41-26-27-49-45(34-41)47-36-50-46(35-51(47)58(49)30-12-3-13-31-58)43-22-6-8-24-48(43)57(50)28-10-2-11-29-57/h1,4-9,14-27,32-36H,2-3,10-13,28-31H2. The number of nitrogens with zero attached hydrogens (tertiary/aromatic N) is 2. The second-order valence-corrected chi connectivity index (χ2v) is 18.2. The van der Waals surface area contributed by atoms with Crippen LogP contribution in [0.3, 0.4) is 0 Å². The summed E-state index contributed by atoms with van der Waals surface area (Å²) in [6.45, 7) is 0. The monoisotopic (exact) mass is 786 g/mol. The summed E-state index contributed by atoms with van der Waals surface area (Å²) in [5.41, 5.74) is 21.7. The molecule has 0 saturated heterocycles. The van der Waals surface area contributed by atoms with E-state index in [0.717, 1.165) is 38.7 Å². The molecule has 0 amide bonds. The molecule has 0 radical (unpaired) electrons. The van der Waals surface area contributed by atoms with Gasteiger partial charge in [-0.2, -0.15) is 4.98 Å². The number of aromatic nitrogens is 2. The van der Waals surface area contributed by atoms with Crippen LogP contribution in [0.25, 0.3) is 89.2 Å². The van der Waals surface area contributed by atoms with E-state index in [9.17, 15) is 0 Å². The molecule has 61 heavy (non-hydrogen) atoms. The molecule has 2 spiro atoms. The minimum absolute atomic E-state index is 0.101. The highest BCUT2D eigenvalue weighted by Crippen LogP contribution is 2.62. The van der Waals surface area contributed by atoms with Gasteiger partial charge in [0.2, 0.25) is 5.71 Å². The zero-order chi connectivity index (χ0) is 40.1. The fourth-order valence-corrected chi connectivity index (χ4v) is 12.3. The molecule has 2 fully saturated rings. The van der Waals surface area contributed by atoms with Crippen LogP contribution in [0.2, 0.25) is 0 Å². The number of hydrogen-bond acceptors (Lipinski definition) is 3. The summed E-state index contributed by atoms with van der Waals surface area (Å²) in [5.74, 6) is 0.655. The van der Waals surface area contributed by atoms with Crippen molar-refractivity contribution in [2.75, 3.05) is 0 Å². The molecule has 2 aromatic heterocycles. The molecule has 294 valence electrons. The maximum absolute atomic E-state index is 6.36. The van der Waals surface area contributed by atoms with Crippen molar-refractivity contribution in [1.29, 1.82) is 0 Å². The lowest BCUT2D eigenvalue weighted by Gasteiger charge is -2.37. The summed E-state index contributed by atoms with van der Waals surface area (Å²) in [4.78, 5) is 10.3. The number of hydrogen-bond donors (Lipinski definition) is 0. The third-order valence-corrected chi connectivity index (χ3v) is 15.1. The summed E-state index contributed by atoms with van der Waals surface area (Å²) in [6.07, 6.45) is 12.9. The molecular weight excluding hydrogens is 741 g/mol. The van der Waals surface area contributed by atoms with Crippen LogP contribution in [0.4, 0.5) is 0 Å². The van der Waals surface area contributed by atoms with E-state index in [-0.39, 0.29) is 10.8 Å². The highest BCUT2D eigenvalue weighted by atomic mass is 16.3. The van der Waals surface area contributed by atoms with Gasteiger partial charge in [-0.25, -0.2) is 4.98 Å². The molecule has 2 saturated carbocycles. The minimum atomic E-state index is 0.101. The fourth-order valence-electron chi connectivity index (χ4n) is 12.3. The van der Waals surface area contributed by atoms with Crippen molar-refractivity contribution in [3.63, 3.8) is 0 Å². The van der Waals surface area contributed by atoms with Gasteiger partial charge in [0.15, 0.2) is 5.82 Å². The van der Waals surface area contributed by atoms with Crippen LogP contribution >= 0.6 is 0 Å². The molecule has 9 aromatic rings. The molecule has 7 aromatic carbocycles. The summed E-state index contributed by atoms with van der Waals surface area (Å²) in [5, 5.41) is 1.98. The van der Waals surface area contributed by atoms with Crippen molar-refractivity contribution >= 4 is 22.1 Å². The van der Waals surface area contributed by atoms with Crippen molar-refractivity contribution in [1.82, 2.24) is 9.97 Å². The third-order valence-electron chi connectivity index (χ3n) is 15.1. The molecule has 0 unspecified atom stereocenters. The highest BCUT2D eigenvalue weighted by Gasteiger charge is 2.49. The Morgan fingerprint density at radius 1 is 0.377 bits per heavy atom. The molecule has 2 heterocycles. The molecule has 0 aliphatic heterocycles. The Labute approximate surface area is 357 Å². The van der Waals surface area contributed by atoms with E-state index in [4.69, 9.17) is 14.4 Å². The molecule has 0 bridgehead atoms. The van der Waals surface area contributed by atoms with Crippen LogP contribution in [-0.2, 0) is 10.8 Å². The molecule has 4 aliphatic carbocycles. The second kappa shape index (κ2) is 13.5. The number of para-hydroxylation sites is 1. The number of rotatable bonds is 4. The molecule has 3 nitrogen and oxygen atoms in total. The first kappa shape index (κ1) is 35.2. The Morgan fingerprint density at radius 2 is 0.918 bits per heavy atom. The summed E-state index contributed by atoms with van der Waals surface area (Å²) >= 11 is 0. The van der Waals surface area contributed by atoms with E-state index in [2.05, 4.69) is 133 Å². The van der Waals surface area contributed by atoms with Crippen LogP contribution in [0.1, 0.15) is 86.5 Å². The Morgan fingerprint density at radius 3 is 1.64 bits per heavy atom. The quantitative estimate of drug-likeness (QED) is 0.178. The Balaban J connectivity index is 0.911. The van der Waals surface area contributed by atoms with Gasteiger partial charge >= 0.3 is 0 Å². The van der Waals surface area contributed by atoms with E-state index < -0.39 is 0 Å². The number of benzene rings is 7. The SMILES string of the molecule is c1ccc(-c2nc(-c3cccc(-c4cccc(-c5ccc6c(c5)-c5cc7c(cc5C65CCCCC5)-c5ccccc5C75CCCCC5)c4)c3)nc3oc4ccccc4c23)cc1. The lowest BCUT2D eigenvalue weighted by atomic mass is 9.66. The fraction of sp³-hybridized carbons (Fsp3) is 0.207. The van der Waals surface area contributed by atoms with Gasteiger partial charge in [0.25, 0.3) is 0 Å². The van der Waals surface area contributed by atoms with Crippen LogP contribution in [-0.4, -0.2) is 9.97 Å². The van der Waals surface area contributed by atoms with E-state index in [1.165, 1.54) is 103 Å². The lowest BCUT2D eigenvalue weighted by molar-refractivity contribution is 0.350. The van der Waals surface area contributed by atoms with Gasteiger partial charge in [-0.3, -0.25) is 0 Å². The lowest BCUT2D eigenvalue weighted by Crippen LogP contribution is -2.29. The summed E-state index contributed by atoms with van der Waals surface area (Å²) in [7, 11) is 0. The van der Waals surface area contributed by atoms with Crippen molar-refractivity contribution in [3.05, 3.63) is 180 Å². The van der Waals surface area contributed by atoms with Crippen molar-refractivity contribution in [2.24, 2.45) is 0 Å². The smallest absolute Gasteiger partial charge is 0.231 e. The Bertz CT molecular complexity index is 3210. The first-order valence-electron chi connectivity index (χ1n) is 22.6. The van der Waals surface area contributed by atoms with Gasteiger partial charge < -0.3 is 4.42 Å². The zero-order valence-corrected chi connectivity index (χ0v) is 34.4. The Kier molecular flexibility index (Phi) is 7.77. The predicted octanol–water partition coefficient (Wildman–Crippen LogP) is 15.5.